The number of hydrogen-bond acceptors (Lipinski definition) is 7. The molecule has 1 heterocycles. The van der Waals surface area contributed by atoms with Crippen LogP contribution in [0.4, 0.5) is 11.4 Å². The zero-order valence-electron chi connectivity index (χ0n) is 20.8. The second-order valence-electron chi connectivity index (χ2n) is 8.50. The summed E-state index contributed by atoms with van der Waals surface area (Å²) in [6, 6.07) is 20.7. The van der Waals surface area contributed by atoms with E-state index < -0.39 is 5.97 Å². The minimum atomic E-state index is -0.462. The molecule has 0 saturated carbocycles. The number of methoxy groups -OCH3 is 3. The van der Waals surface area contributed by atoms with Gasteiger partial charge in [0.05, 0.1) is 38.3 Å². The van der Waals surface area contributed by atoms with Crippen molar-refractivity contribution in [2.75, 3.05) is 57.7 Å². The Kier molecular flexibility index (Phi) is 8.07. The third-order valence-corrected chi connectivity index (χ3v) is 6.27. The van der Waals surface area contributed by atoms with Crippen molar-refractivity contribution in [3.8, 4) is 11.5 Å². The molecule has 8 nitrogen and oxygen atoms in total. The van der Waals surface area contributed by atoms with E-state index in [4.69, 9.17) is 14.2 Å². The SMILES string of the molecule is COC(=O)c1ccc(N2CCN(Cc3ccccc3)CC2)c(NC(=O)c2ccc(OC)c(OC)c2)c1. The second-order valence-corrected chi connectivity index (χ2v) is 8.50. The van der Waals surface area contributed by atoms with Gasteiger partial charge in [-0.2, -0.15) is 0 Å². The molecule has 4 rings (SSSR count). The minimum absolute atomic E-state index is 0.318. The number of hydrogen-bond donors (Lipinski definition) is 1. The molecule has 1 saturated heterocycles. The molecule has 3 aromatic rings. The number of carbonyl (C=O) groups excluding carboxylic acids is 2. The molecule has 0 bridgehead atoms. The van der Waals surface area contributed by atoms with Gasteiger partial charge in [0, 0.05) is 38.3 Å². The van der Waals surface area contributed by atoms with Crippen molar-refractivity contribution >= 4 is 23.3 Å². The molecule has 188 valence electrons. The number of nitrogens with one attached hydrogen (secondary N) is 1. The van der Waals surface area contributed by atoms with E-state index in [1.54, 1.807) is 37.4 Å². The fraction of sp³-hybridized carbons (Fsp3) is 0.286. The molecule has 3 aromatic carbocycles. The standard InChI is InChI=1S/C28H31N3O5/c1-34-25-12-10-21(18-26(25)35-2)27(32)29-23-17-22(28(33)36-3)9-11-24(23)31-15-13-30(14-16-31)19-20-7-5-4-6-8-20/h4-12,17-18H,13-16,19H2,1-3H3,(H,29,32). The van der Waals surface area contributed by atoms with E-state index in [0.717, 1.165) is 38.4 Å². The topological polar surface area (TPSA) is 80.3 Å². The van der Waals surface area contributed by atoms with E-state index in [1.165, 1.54) is 19.8 Å². The molecule has 1 aliphatic heterocycles. The second kappa shape index (κ2) is 11.6. The van der Waals surface area contributed by atoms with Gasteiger partial charge in [-0.25, -0.2) is 4.79 Å². The summed E-state index contributed by atoms with van der Waals surface area (Å²) in [7, 11) is 4.40. The Morgan fingerprint density at radius 1 is 0.806 bits per heavy atom. The molecular weight excluding hydrogens is 458 g/mol. The van der Waals surface area contributed by atoms with Gasteiger partial charge in [-0.1, -0.05) is 30.3 Å². The number of nitrogens with zero attached hydrogens (tertiary/aromatic N) is 2. The lowest BCUT2D eigenvalue weighted by Crippen LogP contribution is -2.46. The number of carbonyl (C=O) groups is 2. The Hall–Kier alpha value is -4.04. The summed E-state index contributed by atoms with van der Waals surface area (Å²) >= 11 is 0. The lowest BCUT2D eigenvalue weighted by molar-refractivity contribution is 0.0600. The number of rotatable bonds is 8. The maximum atomic E-state index is 13.2. The van der Waals surface area contributed by atoms with E-state index in [0.29, 0.717) is 28.3 Å². The van der Waals surface area contributed by atoms with Crippen LogP contribution >= 0.6 is 0 Å². The van der Waals surface area contributed by atoms with Crippen LogP contribution in [-0.2, 0) is 11.3 Å². The van der Waals surface area contributed by atoms with E-state index in [2.05, 4.69) is 39.4 Å². The molecule has 1 aliphatic rings. The van der Waals surface area contributed by atoms with Gasteiger partial charge in [0.25, 0.3) is 5.91 Å². The van der Waals surface area contributed by atoms with Crippen LogP contribution in [0.2, 0.25) is 0 Å². The van der Waals surface area contributed by atoms with Crippen molar-refractivity contribution in [1.29, 1.82) is 0 Å². The van der Waals surface area contributed by atoms with Crippen LogP contribution in [0.1, 0.15) is 26.3 Å². The molecule has 1 amide bonds. The third kappa shape index (κ3) is 5.78. The van der Waals surface area contributed by atoms with E-state index in [-0.39, 0.29) is 5.91 Å². The number of anilines is 2. The van der Waals surface area contributed by atoms with Crippen molar-refractivity contribution in [2.45, 2.75) is 6.54 Å². The van der Waals surface area contributed by atoms with E-state index in [9.17, 15) is 9.59 Å². The molecule has 36 heavy (non-hydrogen) atoms. The smallest absolute Gasteiger partial charge is 0.337 e. The number of benzene rings is 3. The lowest BCUT2D eigenvalue weighted by atomic mass is 10.1. The highest BCUT2D eigenvalue weighted by molar-refractivity contribution is 6.07. The zero-order chi connectivity index (χ0) is 25.5. The zero-order valence-corrected chi connectivity index (χ0v) is 20.8. The highest BCUT2D eigenvalue weighted by Gasteiger charge is 2.22. The Bertz CT molecular complexity index is 1210. The predicted molar refractivity (Wildman–Crippen MR) is 139 cm³/mol. The average molecular weight is 490 g/mol. The number of amides is 1. The highest BCUT2D eigenvalue weighted by Crippen LogP contribution is 2.31. The summed E-state index contributed by atoms with van der Waals surface area (Å²) in [4.78, 5) is 30.0. The third-order valence-electron chi connectivity index (χ3n) is 6.27. The first-order valence-corrected chi connectivity index (χ1v) is 11.8. The number of ether oxygens (including phenoxy) is 3. The average Bonchev–Trinajstić information content (AvgIpc) is 2.93. The van der Waals surface area contributed by atoms with Crippen molar-refractivity contribution in [2.24, 2.45) is 0 Å². The molecule has 0 unspecified atom stereocenters. The maximum absolute atomic E-state index is 13.2. The molecular formula is C28H31N3O5. The fourth-order valence-corrected chi connectivity index (χ4v) is 4.32. The van der Waals surface area contributed by atoms with Crippen LogP contribution in [-0.4, -0.2) is 64.3 Å². The van der Waals surface area contributed by atoms with Crippen LogP contribution in [0.15, 0.2) is 66.7 Å². The van der Waals surface area contributed by atoms with E-state index >= 15 is 0 Å². The molecule has 0 atom stereocenters. The van der Waals surface area contributed by atoms with Crippen molar-refractivity contribution in [1.82, 2.24) is 4.90 Å². The Morgan fingerprint density at radius 2 is 1.50 bits per heavy atom. The predicted octanol–water partition coefficient (Wildman–Crippen LogP) is 4.06. The normalized spacial score (nSPS) is 13.7. The van der Waals surface area contributed by atoms with Gasteiger partial charge < -0.3 is 24.4 Å². The molecule has 8 heteroatoms. The van der Waals surface area contributed by atoms with Crippen molar-refractivity contribution in [3.05, 3.63) is 83.4 Å². The van der Waals surface area contributed by atoms with Gasteiger partial charge in [0.15, 0.2) is 11.5 Å². The molecule has 0 aromatic heterocycles. The van der Waals surface area contributed by atoms with Gasteiger partial charge in [-0.3, -0.25) is 9.69 Å². The molecule has 0 spiro atoms. The van der Waals surface area contributed by atoms with Crippen LogP contribution < -0.4 is 19.7 Å². The summed E-state index contributed by atoms with van der Waals surface area (Å²) in [6.45, 7) is 4.26. The fourth-order valence-electron chi connectivity index (χ4n) is 4.32. The Labute approximate surface area is 211 Å². The van der Waals surface area contributed by atoms with Gasteiger partial charge in [0.2, 0.25) is 0 Å². The summed E-state index contributed by atoms with van der Waals surface area (Å²) in [5.41, 5.74) is 3.47. The monoisotopic (exact) mass is 489 g/mol. The van der Waals surface area contributed by atoms with Gasteiger partial charge in [-0.05, 0) is 42.0 Å². The molecule has 1 fully saturated rings. The molecule has 0 radical (unpaired) electrons. The Morgan fingerprint density at radius 3 is 2.17 bits per heavy atom. The first-order chi connectivity index (χ1) is 17.5. The van der Waals surface area contributed by atoms with Crippen LogP contribution in [0, 0.1) is 0 Å². The highest BCUT2D eigenvalue weighted by atomic mass is 16.5. The van der Waals surface area contributed by atoms with Crippen LogP contribution in [0.25, 0.3) is 0 Å². The summed E-state index contributed by atoms with van der Waals surface area (Å²) in [5.74, 6) is 0.219. The largest absolute Gasteiger partial charge is 0.493 e. The van der Waals surface area contributed by atoms with Gasteiger partial charge >= 0.3 is 5.97 Å². The molecule has 0 aliphatic carbocycles. The number of piperazine rings is 1. The van der Waals surface area contributed by atoms with Gasteiger partial charge in [0.1, 0.15) is 0 Å². The summed E-state index contributed by atoms with van der Waals surface area (Å²) in [5, 5.41) is 2.98. The van der Waals surface area contributed by atoms with E-state index in [1.807, 2.05) is 12.1 Å². The quantitative estimate of drug-likeness (QED) is 0.478. The minimum Gasteiger partial charge on any atom is -0.493 e. The van der Waals surface area contributed by atoms with Crippen molar-refractivity contribution in [3.63, 3.8) is 0 Å². The first-order valence-electron chi connectivity index (χ1n) is 11.8. The Balaban J connectivity index is 1.54. The number of esters is 1. The van der Waals surface area contributed by atoms with Crippen LogP contribution in [0.5, 0.6) is 11.5 Å². The maximum Gasteiger partial charge on any atom is 0.337 e. The first kappa shape index (κ1) is 25.1. The summed E-state index contributed by atoms with van der Waals surface area (Å²) < 4.78 is 15.5. The van der Waals surface area contributed by atoms with Gasteiger partial charge in [-0.15, -0.1) is 0 Å². The lowest BCUT2D eigenvalue weighted by Gasteiger charge is -2.37. The summed E-state index contributed by atoms with van der Waals surface area (Å²) in [6.07, 6.45) is 0. The van der Waals surface area contributed by atoms with Crippen molar-refractivity contribution < 1.29 is 23.8 Å². The molecule has 1 N–H and O–H groups in total. The van der Waals surface area contributed by atoms with Crippen LogP contribution in [0.3, 0.4) is 0 Å².